The molecule has 0 bridgehead atoms. The summed E-state index contributed by atoms with van der Waals surface area (Å²) in [6.07, 6.45) is 14.3. The van der Waals surface area contributed by atoms with Gasteiger partial charge in [0.1, 0.15) is 17.3 Å². The molecule has 0 unspecified atom stereocenters. The Labute approximate surface area is 449 Å². The number of hydrogen-bond donors (Lipinski definition) is 4. The van der Waals surface area contributed by atoms with E-state index in [2.05, 4.69) is 30.5 Å². The molecule has 0 spiro atoms. The molecule has 2 fully saturated rings. The number of aryl methyl sites for hydroxylation is 2. The van der Waals surface area contributed by atoms with E-state index in [1.54, 1.807) is 91.0 Å². The molecule has 20 nitrogen and oxygen atoms in total. The number of nitrogens with one attached hydrogen (secondary N) is 4. The summed E-state index contributed by atoms with van der Waals surface area (Å²) in [4.78, 5) is 65.4. The third-order valence-electron chi connectivity index (χ3n) is 14.1. The van der Waals surface area contributed by atoms with Gasteiger partial charge in [0.05, 0.1) is 57.7 Å². The van der Waals surface area contributed by atoms with Crippen molar-refractivity contribution in [1.29, 1.82) is 0 Å². The Balaban J connectivity index is 0.653. The normalized spacial score (nSPS) is 13.7. The molecule has 0 atom stereocenters. The zero-order valence-electron chi connectivity index (χ0n) is 43.6. The summed E-state index contributed by atoms with van der Waals surface area (Å²) in [6.45, 7) is 4.32. The molecule has 10 rings (SSSR count). The molecule has 406 valence electrons. The average Bonchev–Trinajstić information content (AvgIpc) is 4.03. The van der Waals surface area contributed by atoms with Crippen LogP contribution in [0, 0.1) is 5.82 Å². The Bertz CT molecular complexity index is 3690. The van der Waals surface area contributed by atoms with Gasteiger partial charge in [-0.25, -0.2) is 27.6 Å². The van der Waals surface area contributed by atoms with Crippen LogP contribution in [0.25, 0.3) is 27.9 Å². The molecule has 1 aliphatic carbocycles. The van der Waals surface area contributed by atoms with Crippen molar-refractivity contribution in [1.82, 2.24) is 48.8 Å². The number of benzene rings is 4. The molecule has 0 radical (unpaired) electrons. The first-order chi connectivity index (χ1) is 37.7. The first kappa shape index (κ1) is 52.9. The quantitative estimate of drug-likeness (QED) is 0.0468. The van der Waals surface area contributed by atoms with Gasteiger partial charge in [0, 0.05) is 100 Å². The van der Waals surface area contributed by atoms with Crippen molar-refractivity contribution in [2.45, 2.75) is 75.5 Å². The first-order valence-corrected chi connectivity index (χ1v) is 27.7. The minimum atomic E-state index is -4.27. The second kappa shape index (κ2) is 23.0. The van der Waals surface area contributed by atoms with Crippen LogP contribution in [0.1, 0.15) is 97.0 Å². The fraction of sp³-hybridized carbons (Fsp3) is 0.339. The molecule has 2 aliphatic rings. The Morgan fingerprint density at radius 3 is 2.32 bits per heavy atom. The summed E-state index contributed by atoms with van der Waals surface area (Å²) in [7, 11) is -1.05. The van der Waals surface area contributed by atoms with E-state index in [0.29, 0.717) is 98.5 Å². The van der Waals surface area contributed by atoms with Gasteiger partial charge in [-0.15, -0.1) is 0 Å². The van der Waals surface area contributed by atoms with Crippen LogP contribution in [0.15, 0.2) is 113 Å². The van der Waals surface area contributed by atoms with E-state index in [9.17, 15) is 27.6 Å². The number of amides is 3. The average molecular weight is 1080 g/mol. The van der Waals surface area contributed by atoms with E-state index in [1.165, 1.54) is 39.5 Å². The molecule has 1 aliphatic heterocycles. The van der Waals surface area contributed by atoms with Crippen molar-refractivity contribution in [2.75, 3.05) is 49.4 Å². The van der Waals surface area contributed by atoms with Crippen molar-refractivity contribution >= 4 is 61.6 Å². The number of fused-ring (bicyclic) bond motifs is 2. The summed E-state index contributed by atoms with van der Waals surface area (Å²) in [5.41, 5.74) is 4.46. The molecule has 3 amide bonds. The number of H-pyrrole nitrogens is 1. The number of hydrogen-bond acceptors (Lipinski definition) is 12. The highest BCUT2D eigenvalue weighted by atomic mass is 32.2. The van der Waals surface area contributed by atoms with Crippen LogP contribution in [0.3, 0.4) is 0 Å². The highest BCUT2D eigenvalue weighted by Crippen LogP contribution is 2.41. The van der Waals surface area contributed by atoms with Crippen LogP contribution in [-0.2, 0) is 28.9 Å². The van der Waals surface area contributed by atoms with Gasteiger partial charge in [-0.2, -0.15) is 5.10 Å². The van der Waals surface area contributed by atoms with Crippen LogP contribution in [0.5, 0.6) is 17.2 Å². The maximum atomic E-state index is 15.7. The number of unbranched alkanes of at least 4 members (excludes halogenated alkanes) is 4. The number of piperazine rings is 1. The van der Waals surface area contributed by atoms with Crippen LogP contribution in [0.2, 0.25) is 0 Å². The second-order valence-corrected chi connectivity index (χ2v) is 21.4. The van der Waals surface area contributed by atoms with Crippen molar-refractivity contribution in [3.05, 3.63) is 137 Å². The van der Waals surface area contributed by atoms with E-state index >= 15 is 4.39 Å². The van der Waals surface area contributed by atoms with E-state index in [-0.39, 0.29) is 50.7 Å². The fourth-order valence-electron chi connectivity index (χ4n) is 9.56. The van der Waals surface area contributed by atoms with Gasteiger partial charge in [-0.05, 0) is 86.7 Å². The summed E-state index contributed by atoms with van der Waals surface area (Å²) in [6, 6.07) is 20.2. The fourth-order valence-corrected chi connectivity index (χ4v) is 10.7. The molecule has 4 N–H and O–H groups in total. The number of imidazole rings is 2. The van der Waals surface area contributed by atoms with E-state index in [4.69, 9.17) is 14.5 Å². The molecule has 78 heavy (non-hydrogen) atoms. The van der Waals surface area contributed by atoms with Crippen LogP contribution < -0.4 is 30.5 Å². The largest absolute Gasteiger partial charge is 0.493 e. The lowest BCUT2D eigenvalue weighted by Crippen LogP contribution is -2.50. The van der Waals surface area contributed by atoms with E-state index in [0.717, 1.165) is 55.5 Å². The molecule has 8 aromatic rings. The van der Waals surface area contributed by atoms with Crippen molar-refractivity contribution in [3.8, 4) is 28.5 Å². The molecule has 5 heterocycles. The number of anilines is 3. The number of aromatic nitrogens is 7. The lowest BCUT2D eigenvalue weighted by atomic mass is 10.1. The minimum Gasteiger partial charge on any atom is -0.493 e. The van der Waals surface area contributed by atoms with Crippen molar-refractivity contribution in [2.24, 2.45) is 14.1 Å². The van der Waals surface area contributed by atoms with Crippen LogP contribution in [-0.4, -0.2) is 109 Å². The number of halogens is 1. The molecular formula is C56H61FN12O8S. The number of sulfonamides is 1. The van der Waals surface area contributed by atoms with Crippen molar-refractivity contribution in [3.63, 3.8) is 0 Å². The first-order valence-electron chi connectivity index (χ1n) is 26.3. The highest BCUT2D eigenvalue weighted by Gasteiger charge is 2.29. The van der Waals surface area contributed by atoms with Gasteiger partial charge in [-0.3, -0.25) is 37.7 Å². The lowest BCUT2D eigenvalue weighted by Gasteiger charge is -2.35. The van der Waals surface area contributed by atoms with Gasteiger partial charge in [0.15, 0.2) is 17.2 Å². The Morgan fingerprint density at radius 1 is 0.821 bits per heavy atom. The number of aromatic amines is 1. The van der Waals surface area contributed by atoms with Gasteiger partial charge in [0.2, 0.25) is 5.91 Å². The smallest absolute Gasteiger partial charge is 0.328 e. The topological polar surface area (TPSA) is 232 Å². The lowest BCUT2D eigenvalue weighted by molar-refractivity contribution is -0.132. The third-order valence-corrected chi connectivity index (χ3v) is 15.4. The molecule has 4 aromatic heterocycles. The Kier molecular flexibility index (Phi) is 15.6. The molecular weight excluding hydrogens is 1020 g/mol. The van der Waals surface area contributed by atoms with Gasteiger partial charge in [-0.1, -0.05) is 38.3 Å². The predicted octanol–water partition coefficient (Wildman–Crippen LogP) is 8.51. The number of carbonyl (C=O) groups excluding carboxylic acids is 3. The van der Waals surface area contributed by atoms with Crippen LogP contribution in [0.4, 0.5) is 21.6 Å². The predicted molar refractivity (Wildman–Crippen MR) is 292 cm³/mol. The van der Waals surface area contributed by atoms with E-state index in [1.807, 2.05) is 17.5 Å². The summed E-state index contributed by atoms with van der Waals surface area (Å²) in [5, 5.41) is 12.9. The van der Waals surface area contributed by atoms with Gasteiger partial charge >= 0.3 is 5.69 Å². The summed E-state index contributed by atoms with van der Waals surface area (Å²) in [5.74, 6) is 0.572. The summed E-state index contributed by atoms with van der Waals surface area (Å²) < 4.78 is 62.9. The van der Waals surface area contributed by atoms with Crippen molar-refractivity contribution < 1.29 is 36.7 Å². The maximum Gasteiger partial charge on any atom is 0.328 e. The maximum absolute atomic E-state index is 15.7. The van der Waals surface area contributed by atoms with Gasteiger partial charge < -0.3 is 29.9 Å². The van der Waals surface area contributed by atoms with Crippen LogP contribution >= 0.6 is 0 Å². The zero-order chi connectivity index (χ0) is 54.5. The molecule has 1 saturated heterocycles. The summed E-state index contributed by atoms with van der Waals surface area (Å²) >= 11 is 0. The molecule has 4 aromatic carbocycles. The minimum absolute atomic E-state index is 0.0232. The zero-order valence-corrected chi connectivity index (χ0v) is 44.4. The Morgan fingerprint density at radius 2 is 1.56 bits per heavy atom. The monoisotopic (exact) mass is 1080 g/mol. The molecule has 1 saturated carbocycles. The number of nitrogens with zero attached hydrogens (tertiary/aromatic N) is 8. The number of rotatable bonds is 22. The molecule has 22 heteroatoms. The number of ether oxygens (including phenoxy) is 2. The number of carbonyl (C=O) groups is 3. The van der Waals surface area contributed by atoms with E-state index < -0.39 is 21.7 Å². The SMILES string of the molecule is CCCOc1cccc(Oc2cc3c(cc2NS(=O)(=O)c2cccc(C(=O)NCCCCCCCC(=O)N4CCN(C(=O)c5ccc(Nc6nc(C7CC7)cn7c(-c8cn[nH]c8)cnc67)c(F)c5)CC4)c2)n(C)c(=O)n3C)c1. The van der Waals surface area contributed by atoms with Gasteiger partial charge in [0.25, 0.3) is 21.8 Å². The second-order valence-electron chi connectivity index (χ2n) is 19.7. The highest BCUT2D eigenvalue weighted by molar-refractivity contribution is 7.92. The standard InChI is InChI=1S/C56H61FN12O8S/c1-4-26-76-40-13-11-14-41(29-40)77-50-31-48-47(65(2)56(73)66(48)3)30-45(50)64-78(74,75)42-15-10-12-37(27-42)54(71)58-21-9-7-5-6-8-16-51(70)67-22-24-68(25-23-67)55(72)38-19-20-44(43(57)28-38)62-52-53-59-34-49(39-32-60-61-33-39)69(53)35-46(63-52)36-17-18-36/h10-15,19-20,27-36,64H,4-9,16-18,21-26H2,1-3H3,(H,58,71)(H,60,61)(H,62,63). The Hall–Kier alpha value is -8.53. The third kappa shape index (κ3) is 11.7.